The summed E-state index contributed by atoms with van der Waals surface area (Å²) in [5.74, 6) is -2.26. The highest BCUT2D eigenvalue weighted by Crippen LogP contribution is 2.17. The minimum Gasteiger partial charge on any atom is -0.545 e. The van der Waals surface area contributed by atoms with Gasteiger partial charge in [0, 0.05) is 12.8 Å². The van der Waals surface area contributed by atoms with Gasteiger partial charge >= 0.3 is 11.9 Å². The monoisotopic (exact) mass is 1010 g/mol. The Balaban J connectivity index is 4.05. The topological polar surface area (TPSA) is 111 Å². The van der Waals surface area contributed by atoms with E-state index in [2.05, 4.69) is 62.5 Å². The Kier molecular flexibility index (Phi) is 52.4. The summed E-state index contributed by atoms with van der Waals surface area (Å²) in [4.78, 5) is 37.2. The van der Waals surface area contributed by atoms with Crippen LogP contribution in [-0.2, 0) is 33.3 Å². The van der Waals surface area contributed by atoms with Crippen molar-refractivity contribution in [1.82, 2.24) is 0 Å². The molecule has 0 aliphatic carbocycles. The van der Waals surface area contributed by atoms with Crippen molar-refractivity contribution >= 4 is 17.9 Å². The number of carbonyl (C=O) groups is 3. The third-order valence-electron chi connectivity index (χ3n) is 13.3. The molecular formula is C63H115NO8. The van der Waals surface area contributed by atoms with Crippen molar-refractivity contribution in [2.24, 2.45) is 0 Å². The summed E-state index contributed by atoms with van der Waals surface area (Å²) in [6.45, 7) is 4.67. The number of allylic oxidation sites excluding steroid dienone is 8. The molecule has 0 saturated carbocycles. The zero-order chi connectivity index (χ0) is 52.7. The van der Waals surface area contributed by atoms with Crippen molar-refractivity contribution < 1.29 is 42.9 Å². The molecule has 0 rings (SSSR count). The number of likely N-dealkylation sites (N-methyl/N-ethyl adjacent to an activating group) is 1. The molecule has 2 unspecified atom stereocenters. The third-order valence-corrected chi connectivity index (χ3v) is 13.3. The van der Waals surface area contributed by atoms with Crippen LogP contribution in [0.5, 0.6) is 0 Å². The number of carboxylic acids is 1. The first-order valence-electron chi connectivity index (χ1n) is 30.3. The fraction of sp³-hybridized carbons (Fsp3) is 0.825. The Hall–Kier alpha value is -2.75. The molecule has 9 heteroatoms. The van der Waals surface area contributed by atoms with E-state index in [1.54, 1.807) is 0 Å². The van der Waals surface area contributed by atoms with Gasteiger partial charge in [-0.1, -0.05) is 262 Å². The average molecular weight is 1010 g/mol. The first-order chi connectivity index (χ1) is 35.1. The van der Waals surface area contributed by atoms with Gasteiger partial charge in [-0.3, -0.25) is 9.59 Å². The Labute approximate surface area is 444 Å². The van der Waals surface area contributed by atoms with Crippen molar-refractivity contribution in [2.75, 3.05) is 47.5 Å². The molecule has 0 aromatic heterocycles. The summed E-state index contributed by atoms with van der Waals surface area (Å²) in [7, 11) is 5.93. The van der Waals surface area contributed by atoms with Crippen LogP contribution in [0.15, 0.2) is 48.6 Å². The molecule has 0 fully saturated rings. The second kappa shape index (κ2) is 54.5. The fourth-order valence-electron chi connectivity index (χ4n) is 8.71. The molecule has 0 aromatic rings. The molecule has 0 heterocycles. The normalized spacial score (nSPS) is 13.1. The molecule has 0 bridgehead atoms. The van der Waals surface area contributed by atoms with Gasteiger partial charge in [-0.05, 0) is 51.4 Å². The molecule has 420 valence electrons. The molecule has 0 aliphatic heterocycles. The third kappa shape index (κ3) is 55.0. The summed E-state index contributed by atoms with van der Waals surface area (Å²) in [5, 5.41) is 11.8. The number of quaternary nitrogens is 1. The van der Waals surface area contributed by atoms with Crippen molar-refractivity contribution in [3.63, 3.8) is 0 Å². The van der Waals surface area contributed by atoms with E-state index in [1.165, 1.54) is 186 Å². The number of unbranched alkanes of at least 4 members (excludes halogenated alkanes) is 33. The largest absolute Gasteiger partial charge is 0.545 e. The summed E-state index contributed by atoms with van der Waals surface area (Å²) in [6, 6.07) is 0. The zero-order valence-corrected chi connectivity index (χ0v) is 47.8. The Morgan fingerprint density at radius 1 is 0.431 bits per heavy atom. The summed E-state index contributed by atoms with van der Waals surface area (Å²) < 4.78 is 22.7. The highest BCUT2D eigenvalue weighted by molar-refractivity contribution is 5.70. The maximum absolute atomic E-state index is 12.9. The number of hydrogen-bond donors (Lipinski definition) is 0. The minimum atomic E-state index is -1.62. The average Bonchev–Trinajstić information content (AvgIpc) is 3.35. The highest BCUT2D eigenvalue weighted by atomic mass is 16.7. The second-order valence-corrected chi connectivity index (χ2v) is 21.6. The van der Waals surface area contributed by atoms with E-state index in [4.69, 9.17) is 18.9 Å². The number of carbonyl (C=O) groups excluding carboxylic acids is 3. The quantitative estimate of drug-likeness (QED) is 0.0195. The molecule has 0 radical (unpaired) electrons. The summed E-state index contributed by atoms with van der Waals surface area (Å²) in [6.07, 6.45) is 64.6. The Morgan fingerprint density at radius 3 is 1.18 bits per heavy atom. The molecular weight excluding hydrogens is 899 g/mol. The second-order valence-electron chi connectivity index (χ2n) is 21.6. The van der Waals surface area contributed by atoms with Crippen LogP contribution in [0.4, 0.5) is 0 Å². The van der Waals surface area contributed by atoms with Crippen LogP contribution in [0.1, 0.15) is 277 Å². The summed E-state index contributed by atoms with van der Waals surface area (Å²) >= 11 is 0. The number of carboxylic acid groups (broad SMARTS) is 1. The van der Waals surface area contributed by atoms with Gasteiger partial charge in [0.2, 0.25) is 0 Å². The Bertz CT molecular complexity index is 1320. The Morgan fingerprint density at radius 2 is 0.792 bits per heavy atom. The van der Waals surface area contributed by atoms with Crippen molar-refractivity contribution in [1.29, 1.82) is 0 Å². The van der Waals surface area contributed by atoms with Crippen LogP contribution in [0, 0.1) is 0 Å². The lowest BCUT2D eigenvalue weighted by Gasteiger charge is -2.26. The lowest BCUT2D eigenvalue weighted by Crippen LogP contribution is -2.44. The van der Waals surface area contributed by atoms with Crippen molar-refractivity contribution in [3.8, 4) is 0 Å². The van der Waals surface area contributed by atoms with E-state index in [0.29, 0.717) is 17.4 Å². The molecule has 0 amide bonds. The van der Waals surface area contributed by atoms with Crippen LogP contribution >= 0.6 is 0 Å². The number of ether oxygens (including phenoxy) is 4. The van der Waals surface area contributed by atoms with E-state index in [0.717, 1.165) is 64.2 Å². The van der Waals surface area contributed by atoms with E-state index in [-0.39, 0.29) is 32.2 Å². The number of nitrogens with zero attached hydrogens (tertiary/aromatic N) is 1. The first-order valence-corrected chi connectivity index (χ1v) is 30.3. The van der Waals surface area contributed by atoms with Gasteiger partial charge in [0.15, 0.2) is 12.4 Å². The van der Waals surface area contributed by atoms with Gasteiger partial charge in [-0.2, -0.15) is 0 Å². The molecule has 72 heavy (non-hydrogen) atoms. The highest BCUT2D eigenvalue weighted by Gasteiger charge is 2.22. The maximum Gasteiger partial charge on any atom is 0.306 e. The molecule has 0 spiro atoms. The standard InChI is InChI=1S/C63H115NO8/c1-6-8-10-12-14-16-18-20-22-23-24-25-26-27-28-29-30-31-32-33-34-35-36-37-38-39-40-42-44-46-48-50-52-54-61(66)72-59(58-71-63(62(67)68)69-56-55-64(3,4)5)57-70-60(65)53-51-49-47-45-43-41-21-19-17-15-13-11-9-7-2/h8,10,14,16,20,22,24-25,59,63H,6-7,9,11-13,15,17-19,21,23,26-58H2,1-5H3/b10-8-,16-14-,22-20-,25-24-. The minimum absolute atomic E-state index is 0.150. The fourth-order valence-corrected chi connectivity index (χ4v) is 8.71. The summed E-state index contributed by atoms with van der Waals surface area (Å²) in [5.41, 5.74) is 0. The van der Waals surface area contributed by atoms with E-state index < -0.39 is 24.3 Å². The zero-order valence-electron chi connectivity index (χ0n) is 47.8. The SMILES string of the molecule is CC/C=C\C/C=C\C/C=C\C/C=C\CCCCCCCCCCCCCCCCCCCCCCC(=O)OC(COC(=O)CCCCCCCCCCCCCCCC)COC(OCC[N+](C)(C)C)C(=O)[O-]. The van der Waals surface area contributed by atoms with Crippen molar-refractivity contribution in [2.45, 2.75) is 289 Å². The van der Waals surface area contributed by atoms with Crippen LogP contribution in [-0.4, -0.2) is 82.3 Å². The molecule has 0 N–H and O–H groups in total. The van der Waals surface area contributed by atoms with Crippen LogP contribution < -0.4 is 5.11 Å². The lowest BCUT2D eigenvalue weighted by molar-refractivity contribution is -0.870. The molecule has 2 atom stereocenters. The molecule has 0 aliphatic rings. The van der Waals surface area contributed by atoms with E-state index >= 15 is 0 Å². The van der Waals surface area contributed by atoms with Gasteiger partial charge in [0.25, 0.3) is 0 Å². The smallest absolute Gasteiger partial charge is 0.306 e. The molecule has 0 saturated heterocycles. The van der Waals surface area contributed by atoms with Crippen molar-refractivity contribution in [3.05, 3.63) is 48.6 Å². The number of rotatable bonds is 56. The van der Waals surface area contributed by atoms with E-state index in [9.17, 15) is 19.5 Å². The maximum atomic E-state index is 12.9. The lowest BCUT2D eigenvalue weighted by atomic mass is 10.0. The van der Waals surface area contributed by atoms with Gasteiger partial charge < -0.3 is 33.3 Å². The van der Waals surface area contributed by atoms with E-state index in [1.807, 2.05) is 21.1 Å². The van der Waals surface area contributed by atoms with Crippen LogP contribution in [0.2, 0.25) is 0 Å². The number of aliphatic carboxylic acids is 1. The van der Waals surface area contributed by atoms with Gasteiger partial charge in [-0.25, -0.2) is 0 Å². The number of esters is 2. The van der Waals surface area contributed by atoms with Crippen LogP contribution in [0.3, 0.4) is 0 Å². The molecule has 9 nitrogen and oxygen atoms in total. The first kappa shape index (κ1) is 69.2. The van der Waals surface area contributed by atoms with Gasteiger partial charge in [0.05, 0.1) is 40.3 Å². The van der Waals surface area contributed by atoms with Gasteiger partial charge in [0.1, 0.15) is 13.2 Å². The predicted molar refractivity (Wildman–Crippen MR) is 302 cm³/mol. The number of hydrogen-bond acceptors (Lipinski definition) is 8. The molecule has 0 aromatic carbocycles. The predicted octanol–water partition coefficient (Wildman–Crippen LogP) is 16.5. The van der Waals surface area contributed by atoms with Crippen LogP contribution in [0.25, 0.3) is 0 Å². The van der Waals surface area contributed by atoms with Gasteiger partial charge in [-0.15, -0.1) is 0 Å².